The van der Waals surface area contributed by atoms with Gasteiger partial charge in [0, 0.05) is 25.0 Å². The van der Waals surface area contributed by atoms with Crippen LogP contribution in [0.1, 0.15) is 11.3 Å². The highest BCUT2D eigenvalue weighted by atomic mass is 16.6. The average Bonchev–Trinajstić information content (AvgIpc) is 2.72. The van der Waals surface area contributed by atoms with E-state index in [0.717, 1.165) is 5.69 Å². The Morgan fingerprint density at radius 2 is 1.89 bits per heavy atom. The lowest BCUT2D eigenvalue weighted by molar-refractivity contribution is -0.384. The molecule has 2 aromatic carbocycles. The third kappa shape index (κ3) is 3.99. The maximum Gasteiger partial charge on any atom is 0.293 e. The topological polar surface area (TPSA) is 83.1 Å². The lowest BCUT2D eigenvalue weighted by Crippen LogP contribution is -2.11. The minimum Gasteiger partial charge on any atom is -0.339 e. The number of allylic oxidation sites excluding steroid dienone is 1. The zero-order valence-electron chi connectivity index (χ0n) is 14.6. The van der Waals surface area contributed by atoms with Gasteiger partial charge in [-0.1, -0.05) is 30.3 Å². The lowest BCUT2D eigenvalue weighted by Gasteiger charge is -2.19. The Labute approximate surface area is 156 Å². The van der Waals surface area contributed by atoms with Crippen LogP contribution in [0.2, 0.25) is 0 Å². The number of nitro benzene ring substituents is 1. The Morgan fingerprint density at radius 1 is 1.15 bits per heavy atom. The van der Waals surface area contributed by atoms with Crippen molar-refractivity contribution in [2.45, 2.75) is 0 Å². The molecule has 0 saturated carbocycles. The quantitative estimate of drug-likeness (QED) is 0.372. The van der Waals surface area contributed by atoms with Crippen LogP contribution in [0.4, 0.5) is 17.1 Å². The maximum absolute atomic E-state index is 11.6. The van der Waals surface area contributed by atoms with E-state index in [1.165, 1.54) is 6.07 Å². The van der Waals surface area contributed by atoms with Gasteiger partial charge in [-0.15, -0.1) is 0 Å². The Morgan fingerprint density at radius 3 is 2.52 bits per heavy atom. The molecule has 0 spiro atoms. The first-order chi connectivity index (χ1) is 13.1. The standard InChI is InChI=1S/C21H16N4O2/c1-24(18-7-3-2-4-8-18)20-11-10-16(14-21(20)25(26)27)13-17(15-22)19-9-5-6-12-23-19/h2-14H,1H3/b17-13+. The summed E-state index contributed by atoms with van der Waals surface area (Å²) in [6.45, 7) is 0. The van der Waals surface area contributed by atoms with Gasteiger partial charge in [-0.25, -0.2) is 0 Å². The predicted molar refractivity (Wildman–Crippen MR) is 105 cm³/mol. The number of rotatable bonds is 5. The van der Waals surface area contributed by atoms with Gasteiger partial charge in [-0.2, -0.15) is 5.26 Å². The summed E-state index contributed by atoms with van der Waals surface area (Å²) in [5, 5.41) is 21.0. The van der Waals surface area contributed by atoms with Crippen molar-refractivity contribution >= 4 is 28.7 Å². The summed E-state index contributed by atoms with van der Waals surface area (Å²) in [4.78, 5) is 17.1. The molecule has 0 N–H and O–H groups in total. The number of anilines is 2. The van der Waals surface area contributed by atoms with Crippen LogP contribution in [-0.2, 0) is 0 Å². The van der Waals surface area contributed by atoms with E-state index in [0.29, 0.717) is 22.5 Å². The largest absolute Gasteiger partial charge is 0.339 e. The number of benzene rings is 2. The van der Waals surface area contributed by atoms with Crippen molar-refractivity contribution in [2.24, 2.45) is 0 Å². The fourth-order valence-electron chi connectivity index (χ4n) is 2.70. The van der Waals surface area contributed by atoms with Crippen molar-refractivity contribution in [1.82, 2.24) is 4.98 Å². The summed E-state index contributed by atoms with van der Waals surface area (Å²) in [6.07, 6.45) is 3.20. The van der Waals surface area contributed by atoms with Gasteiger partial charge in [-0.05, 0) is 42.0 Å². The van der Waals surface area contributed by atoms with Gasteiger partial charge in [0.05, 0.1) is 16.2 Å². The number of nitriles is 1. The third-order valence-corrected chi connectivity index (χ3v) is 4.07. The fourth-order valence-corrected chi connectivity index (χ4v) is 2.70. The number of aromatic nitrogens is 1. The van der Waals surface area contributed by atoms with E-state index in [1.54, 1.807) is 54.6 Å². The summed E-state index contributed by atoms with van der Waals surface area (Å²) in [5.74, 6) is 0. The molecule has 3 rings (SSSR count). The van der Waals surface area contributed by atoms with Gasteiger partial charge < -0.3 is 4.90 Å². The molecule has 0 amide bonds. The second kappa shape index (κ2) is 7.93. The first-order valence-corrected chi connectivity index (χ1v) is 8.20. The number of hydrogen-bond acceptors (Lipinski definition) is 5. The second-order valence-electron chi connectivity index (χ2n) is 5.78. The SMILES string of the molecule is CN(c1ccccc1)c1ccc(/C=C(\C#N)c2ccccn2)cc1[N+](=O)[O-]. The van der Waals surface area contributed by atoms with Crippen molar-refractivity contribution in [3.8, 4) is 6.07 Å². The van der Waals surface area contributed by atoms with Crippen molar-refractivity contribution in [2.75, 3.05) is 11.9 Å². The van der Waals surface area contributed by atoms with Crippen molar-refractivity contribution in [1.29, 1.82) is 5.26 Å². The van der Waals surface area contributed by atoms with Crippen LogP contribution in [-0.4, -0.2) is 17.0 Å². The highest BCUT2D eigenvalue weighted by Gasteiger charge is 2.18. The van der Waals surface area contributed by atoms with Gasteiger partial charge in [0.25, 0.3) is 5.69 Å². The molecule has 0 unspecified atom stereocenters. The number of nitro groups is 1. The smallest absolute Gasteiger partial charge is 0.293 e. The summed E-state index contributed by atoms with van der Waals surface area (Å²) in [6, 6.07) is 21.7. The Kier molecular flexibility index (Phi) is 5.24. The normalized spacial score (nSPS) is 10.9. The van der Waals surface area contributed by atoms with Crippen LogP contribution in [0.15, 0.2) is 72.9 Å². The van der Waals surface area contributed by atoms with Crippen molar-refractivity contribution < 1.29 is 4.92 Å². The molecule has 0 radical (unpaired) electrons. The monoisotopic (exact) mass is 356 g/mol. The predicted octanol–water partition coefficient (Wildman–Crippen LogP) is 4.82. The van der Waals surface area contributed by atoms with Gasteiger partial charge >= 0.3 is 0 Å². The molecule has 27 heavy (non-hydrogen) atoms. The minimum atomic E-state index is -0.418. The Bertz CT molecular complexity index is 1030. The number of hydrogen-bond donors (Lipinski definition) is 0. The zero-order valence-corrected chi connectivity index (χ0v) is 14.6. The molecule has 0 bridgehead atoms. The first-order valence-electron chi connectivity index (χ1n) is 8.20. The van der Waals surface area contributed by atoms with Crippen LogP contribution in [0.3, 0.4) is 0 Å². The molecule has 3 aromatic rings. The summed E-state index contributed by atoms with van der Waals surface area (Å²) < 4.78 is 0. The van der Waals surface area contributed by atoms with E-state index in [2.05, 4.69) is 11.1 Å². The van der Waals surface area contributed by atoms with Gasteiger partial charge in [0.1, 0.15) is 11.8 Å². The van der Waals surface area contributed by atoms with Crippen LogP contribution in [0.25, 0.3) is 11.6 Å². The molecular formula is C21H16N4O2. The molecule has 0 fully saturated rings. The molecule has 0 aliphatic rings. The third-order valence-electron chi connectivity index (χ3n) is 4.07. The van der Waals surface area contributed by atoms with E-state index in [4.69, 9.17) is 0 Å². The average molecular weight is 356 g/mol. The van der Waals surface area contributed by atoms with E-state index in [9.17, 15) is 15.4 Å². The van der Waals surface area contributed by atoms with E-state index in [-0.39, 0.29) is 5.69 Å². The molecule has 132 valence electrons. The van der Waals surface area contributed by atoms with Crippen molar-refractivity contribution in [3.63, 3.8) is 0 Å². The second-order valence-corrected chi connectivity index (χ2v) is 5.78. The molecule has 0 aliphatic carbocycles. The highest BCUT2D eigenvalue weighted by molar-refractivity contribution is 5.89. The maximum atomic E-state index is 11.6. The summed E-state index contributed by atoms with van der Waals surface area (Å²) in [5.41, 5.74) is 2.71. The van der Waals surface area contributed by atoms with E-state index >= 15 is 0 Å². The Balaban J connectivity index is 2.03. The van der Waals surface area contributed by atoms with Gasteiger partial charge in [0.15, 0.2) is 0 Å². The summed E-state index contributed by atoms with van der Waals surface area (Å²) >= 11 is 0. The van der Waals surface area contributed by atoms with E-state index < -0.39 is 4.92 Å². The van der Waals surface area contributed by atoms with Crippen LogP contribution >= 0.6 is 0 Å². The zero-order chi connectivity index (χ0) is 19.2. The van der Waals surface area contributed by atoms with E-state index in [1.807, 2.05) is 30.3 Å². The molecule has 0 aliphatic heterocycles. The van der Waals surface area contributed by atoms with Crippen LogP contribution in [0, 0.1) is 21.4 Å². The lowest BCUT2D eigenvalue weighted by atomic mass is 10.1. The Hall–Kier alpha value is -3.98. The first kappa shape index (κ1) is 17.8. The molecule has 1 aromatic heterocycles. The summed E-state index contributed by atoms with van der Waals surface area (Å²) in [7, 11) is 1.78. The molecular weight excluding hydrogens is 340 g/mol. The molecule has 0 atom stereocenters. The molecule has 0 saturated heterocycles. The van der Waals surface area contributed by atoms with Crippen LogP contribution < -0.4 is 4.90 Å². The van der Waals surface area contributed by atoms with Gasteiger partial charge in [0.2, 0.25) is 0 Å². The number of pyridine rings is 1. The molecule has 1 heterocycles. The van der Waals surface area contributed by atoms with Crippen molar-refractivity contribution in [3.05, 3.63) is 94.3 Å². The van der Waals surface area contributed by atoms with Gasteiger partial charge in [-0.3, -0.25) is 15.1 Å². The fraction of sp³-hybridized carbons (Fsp3) is 0.0476. The molecule has 6 heteroatoms. The number of para-hydroxylation sites is 1. The van der Waals surface area contributed by atoms with Crippen LogP contribution in [0.5, 0.6) is 0 Å². The highest BCUT2D eigenvalue weighted by Crippen LogP contribution is 2.33. The molecule has 6 nitrogen and oxygen atoms in total. The minimum absolute atomic E-state index is 0.0339. The number of nitrogens with zero attached hydrogens (tertiary/aromatic N) is 4.